The standard InChI is InChI=1S/C23H35NO/c1-22(2,3)16-15-17-7-9-18(10-8-17)21(25)24-20-13-11-19(12-14-20)23(4,5)6/h7-10,15-16,19-20H,11-14H2,1-6H3,(H,24,25). The molecule has 1 aliphatic carbocycles. The van der Waals surface area contributed by atoms with Crippen LogP contribution in [0.5, 0.6) is 0 Å². The molecular weight excluding hydrogens is 306 g/mol. The van der Waals surface area contributed by atoms with E-state index in [1.807, 2.05) is 24.3 Å². The van der Waals surface area contributed by atoms with Gasteiger partial charge in [-0.1, -0.05) is 65.8 Å². The Hall–Kier alpha value is -1.57. The molecule has 0 spiro atoms. The maximum absolute atomic E-state index is 12.5. The summed E-state index contributed by atoms with van der Waals surface area (Å²) in [6, 6.07) is 8.23. The zero-order chi connectivity index (χ0) is 18.7. The fraction of sp³-hybridized carbons (Fsp3) is 0.609. The molecule has 0 bridgehead atoms. The second-order valence-corrected chi connectivity index (χ2v) is 9.71. The lowest BCUT2D eigenvalue weighted by molar-refractivity contribution is 0.0904. The van der Waals surface area contributed by atoms with Crippen molar-refractivity contribution in [2.24, 2.45) is 16.7 Å². The molecule has 0 saturated heterocycles. The second-order valence-electron chi connectivity index (χ2n) is 9.71. The predicted molar refractivity (Wildman–Crippen MR) is 108 cm³/mol. The van der Waals surface area contributed by atoms with Gasteiger partial charge in [-0.2, -0.15) is 0 Å². The van der Waals surface area contributed by atoms with Gasteiger partial charge in [0.15, 0.2) is 0 Å². The molecule has 0 unspecified atom stereocenters. The number of amides is 1. The van der Waals surface area contributed by atoms with Gasteiger partial charge in [-0.25, -0.2) is 0 Å². The van der Waals surface area contributed by atoms with Crippen molar-refractivity contribution in [1.82, 2.24) is 5.32 Å². The maximum atomic E-state index is 12.5. The van der Waals surface area contributed by atoms with Crippen LogP contribution in [0.25, 0.3) is 6.08 Å². The van der Waals surface area contributed by atoms with E-state index in [9.17, 15) is 4.79 Å². The first-order valence-electron chi connectivity index (χ1n) is 9.65. The van der Waals surface area contributed by atoms with Crippen molar-refractivity contribution in [1.29, 1.82) is 0 Å². The predicted octanol–water partition coefficient (Wildman–Crippen LogP) is 6.08. The zero-order valence-corrected chi connectivity index (χ0v) is 16.9. The van der Waals surface area contributed by atoms with Crippen LogP contribution in [0.1, 0.15) is 83.1 Å². The molecule has 1 aromatic rings. The minimum atomic E-state index is 0.0607. The summed E-state index contributed by atoms with van der Waals surface area (Å²) in [5.41, 5.74) is 2.44. The number of carbonyl (C=O) groups is 1. The first kappa shape index (κ1) is 19.8. The van der Waals surface area contributed by atoms with Gasteiger partial charge >= 0.3 is 0 Å². The van der Waals surface area contributed by atoms with Crippen LogP contribution >= 0.6 is 0 Å². The van der Waals surface area contributed by atoms with Gasteiger partial charge in [0.1, 0.15) is 0 Å². The molecule has 25 heavy (non-hydrogen) atoms. The van der Waals surface area contributed by atoms with Crippen LogP contribution in [-0.2, 0) is 0 Å². The lowest BCUT2D eigenvalue weighted by atomic mass is 9.71. The van der Waals surface area contributed by atoms with E-state index >= 15 is 0 Å². The van der Waals surface area contributed by atoms with Crippen LogP contribution in [0.2, 0.25) is 0 Å². The van der Waals surface area contributed by atoms with Crippen molar-refractivity contribution in [3.05, 3.63) is 41.5 Å². The first-order valence-corrected chi connectivity index (χ1v) is 9.65. The van der Waals surface area contributed by atoms with E-state index in [1.54, 1.807) is 0 Å². The lowest BCUT2D eigenvalue weighted by Gasteiger charge is -2.37. The second kappa shape index (κ2) is 7.76. The topological polar surface area (TPSA) is 29.1 Å². The third-order valence-corrected chi connectivity index (χ3v) is 5.24. The van der Waals surface area contributed by atoms with Gasteiger partial charge in [0.2, 0.25) is 0 Å². The lowest BCUT2D eigenvalue weighted by Crippen LogP contribution is -2.39. The SMILES string of the molecule is CC(C)(C)C=Cc1ccc(C(=O)NC2CCC(C(C)(C)C)CC2)cc1. The Bertz CT molecular complexity index is 590. The monoisotopic (exact) mass is 341 g/mol. The van der Waals surface area contributed by atoms with Gasteiger partial charge in [0, 0.05) is 11.6 Å². The van der Waals surface area contributed by atoms with Gasteiger partial charge in [-0.05, 0) is 60.1 Å². The van der Waals surface area contributed by atoms with Crippen LogP contribution in [-0.4, -0.2) is 11.9 Å². The van der Waals surface area contributed by atoms with Gasteiger partial charge in [-0.3, -0.25) is 4.79 Å². The quantitative estimate of drug-likeness (QED) is 0.709. The molecule has 0 aromatic heterocycles. The summed E-state index contributed by atoms with van der Waals surface area (Å²) in [5.74, 6) is 0.833. The maximum Gasteiger partial charge on any atom is 0.251 e. The molecule has 2 rings (SSSR count). The largest absolute Gasteiger partial charge is 0.349 e. The van der Waals surface area contributed by atoms with E-state index < -0.39 is 0 Å². The molecule has 2 heteroatoms. The van der Waals surface area contributed by atoms with Crippen LogP contribution in [0.3, 0.4) is 0 Å². The number of rotatable bonds is 3. The molecule has 0 radical (unpaired) electrons. The van der Waals surface area contributed by atoms with E-state index in [0.717, 1.165) is 29.9 Å². The van der Waals surface area contributed by atoms with Crippen LogP contribution in [0.4, 0.5) is 0 Å². The van der Waals surface area contributed by atoms with Crippen molar-refractivity contribution in [2.45, 2.75) is 73.3 Å². The molecule has 1 amide bonds. The minimum Gasteiger partial charge on any atom is -0.349 e. The van der Waals surface area contributed by atoms with Gasteiger partial charge in [0.25, 0.3) is 5.91 Å². The Balaban J connectivity index is 1.88. The van der Waals surface area contributed by atoms with Gasteiger partial charge in [-0.15, -0.1) is 0 Å². The Morgan fingerprint density at radius 1 is 0.960 bits per heavy atom. The Morgan fingerprint density at radius 2 is 1.52 bits per heavy atom. The van der Waals surface area contributed by atoms with Crippen molar-refractivity contribution >= 4 is 12.0 Å². The highest BCUT2D eigenvalue weighted by Crippen LogP contribution is 2.37. The molecule has 1 fully saturated rings. The normalized spacial score (nSPS) is 22.2. The van der Waals surface area contributed by atoms with E-state index in [-0.39, 0.29) is 11.3 Å². The molecular formula is C23H35NO. The van der Waals surface area contributed by atoms with Crippen LogP contribution in [0, 0.1) is 16.7 Å². The Kier molecular flexibility index (Phi) is 6.13. The van der Waals surface area contributed by atoms with E-state index in [4.69, 9.17) is 0 Å². The summed E-state index contributed by atoms with van der Waals surface area (Å²) >= 11 is 0. The van der Waals surface area contributed by atoms with E-state index in [2.05, 4.69) is 59.0 Å². The highest BCUT2D eigenvalue weighted by atomic mass is 16.1. The summed E-state index contributed by atoms with van der Waals surface area (Å²) in [7, 11) is 0. The highest BCUT2D eigenvalue weighted by Gasteiger charge is 2.30. The third kappa shape index (κ3) is 6.34. The highest BCUT2D eigenvalue weighted by molar-refractivity contribution is 5.94. The van der Waals surface area contributed by atoms with Crippen LogP contribution < -0.4 is 5.32 Å². The van der Waals surface area contributed by atoms with Crippen molar-refractivity contribution in [3.8, 4) is 0 Å². The summed E-state index contributed by atoms with van der Waals surface area (Å²) in [6.07, 6.45) is 8.93. The molecule has 1 aromatic carbocycles. The molecule has 1 N–H and O–H groups in total. The summed E-state index contributed by atoms with van der Waals surface area (Å²) in [6.45, 7) is 13.5. The number of hydrogen-bond donors (Lipinski definition) is 1. The van der Waals surface area contributed by atoms with Gasteiger partial charge < -0.3 is 5.32 Å². The number of carbonyl (C=O) groups excluding carboxylic acids is 1. The third-order valence-electron chi connectivity index (χ3n) is 5.24. The molecule has 0 atom stereocenters. The Labute approximate surface area is 154 Å². The fourth-order valence-corrected chi connectivity index (χ4v) is 3.46. The average Bonchev–Trinajstić information content (AvgIpc) is 2.52. The molecule has 138 valence electrons. The van der Waals surface area contributed by atoms with E-state index in [0.29, 0.717) is 11.5 Å². The minimum absolute atomic E-state index is 0.0607. The van der Waals surface area contributed by atoms with Crippen molar-refractivity contribution in [3.63, 3.8) is 0 Å². The molecule has 0 aliphatic heterocycles. The molecule has 1 saturated carbocycles. The molecule has 1 aliphatic rings. The number of hydrogen-bond acceptors (Lipinski definition) is 1. The van der Waals surface area contributed by atoms with Crippen LogP contribution in [0.15, 0.2) is 30.3 Å². The first-order chi connectivity index (χ1) is 11.5. The van der Waals surface area contributed by atoms with E-state index in [1.165, 1.54) is 12.8 Å². The zero-order valence-electron chi connectivity index (χ0n) is 16.9. The fourth-order valence-electron chi connectivity index (χ4n) is 3.46. The summed E-state index contributed by atoms with van der Waals surface area (Å²) < 4.78 is 0. The number of benzene rings is 1. The summed E-state index contributed by atoms with van der Waals surface area (Å²) in [4.78, 5) is 12.5. The van der Waals surface area contributed by atoms with Gasteiger partial charge in [0.05, 0.1) is 0 Å². The molecule has 0 heterocycles. The van der Waals surface area contributed by atoms with Crippen molar-refractivity contribution in [2.75, 3.05) is 0 Å². The average molecular weight is 342 g/mol. The number of nitrogens with one attached hydrogen (secondary N) is 1. The van der Waals surface area contributed by atoms with Crippen molar-refractivity contribution < 1.29 is 4.79 Å². The molecule has 2 nitrogen and oxygen atoms in total. The summed E-state index contributed by atoms with van der Waals surface area (Å²) in [5, 5.41) is 3.23. The Morgan fingerprint density at radius 3 is 2.00 bits per heavy atom. The number of allylic oxidation sites excluding steroid dienone is 1. The smallest absolute Gasteiger partial charge is 0.251 e.